The lowest BCUT2D eigenvalue weighted by molar-refractivity contribution is -0.929. The fourth-order valence-corrected chi connectivity index (χ4v) is 2.52. The Bertz CT molecular complexity index is 487. The summed E-state index contributed by atoms with van der Waals surface area (Å²) in [6.45, 7) is 9.67. The third-order valence-corrected chi connectivity index (χ3v) is 3.82. The minimum Gasteiger partial charge on any atom is -1.00 e. The van der Waals surface area contributed by atoms with Crippen LogP contribution in [0.4, 0.5) is 5.69 Å². The molecule has 0 bridgehead atoms. The number of morpholine rings is 1. The molecule has 7 heteroatoms. The number of ether oxygens (including phenoxy) is 2. The normalized spacial score (nSPS) is 16.4. The van der Waals surface area contributed by atoms with Crippen LogP contribution in [0.25, 0.3) is 0 Å². The molecule has 1 aromatic carbocycles. The minimum absolute atomic E-state index is 0. The summed E-state index contributed by atoms with van der Waals surface area (Å²) in [5, 5.41) is 10.6. The molecule has 1 aromatic rings. The Morgan fingerprint density at radius 2 is 1.95 bits per heavy atom. The largest absolute Gasteiger partial charge is 1.00 e. The van der Waals surface area contributed by atoms with Crippen molar-refractivity contribution in [3.8, 4) is 5.75 Å². The molecular formula is C15H21BrN2O4. The zero-order chi connectivity index (χ0) is 15.1. The SMILES string of the molecule is C=CC[N+]1(CCOc2ccc([N+](=O)[O-])cc2)CCOCC1.[Br-]. The van der Waals surface area contributed by atoms with E-state index in [-0.39, 0.29) is 22.7 Å². The summed E-state index contributed by atoms with van der Waals surface area (Å²) in [4.78, 5) is 10.2. The number of nitro benzene ring substituents is 1. The highest BCUT2D eigenvalue weighted by atomic mass is 79.9. The van der Waals surface area contributed by atoms with E-state index in [0.717, 1.165) is 43.9 Å². The van der Waals surface area contributed by atoms with Gasteiger partial charge in [0.25, 0.3) is 5.69 Å². The molecule has 0 spiro atoms. The molecule has 1 fully saturated rings. The van der Waals surface area contributed by atoms with Gasteiger partial charge in [-0.3, -0.25) is 10.1 Å². The fourth-order valence-electron chi connectivity index (χ4n) is 2.52. The summed E-state index contributed by atoms with van der Waals surface area (Å²) in [5.74, 6) is 0.658. The molecule has 1 heterocycles. The molecule has 1 saturated heterocycles. The van der Waals surface area contributed by atoms with Crippen LogP contribution in [-0.4, -0.2) is 55.4 Å². The smallest absolute Gasteiger partial charge is 0.269 e. The molecule has 2 rings (SSSR count). The van der Waals surface area contributed by atoms with Crippen LogP contribution in [0.15, 0.2) is 36.9 Å². The summed E-state index contributed by atoms with van der Waals surface area (Å²) < 4.78 is 12.0. The average Bonchev–Trinajstić information content (AvgIpc) is 2.49. The summed E-state index contributed by atoms with van der Waals surface area (Å²) in [7, 11) is 0. The van der Waals surface area contributed by atoms with Gasteiger partial charge in [-0.15, -0.1) is 0 Å². The van der Waals surface area contributed by atoms with E-state index in [0.29, 0.717) is 12.4 Å². The molecule has 0 radical (unpaired) electrons. The Kier molecular flexibility index (Phi) is 7.50. The molecule has 0 aromatic heterocycles. The number of benzene rings is 1. The van der Waals surface area contributed by atoms with E-state index in [2.05, 4.69) is 6.58 Å². The molecule has 0 atom stereocenters. The van der Waals surface area contributed by atoms with Crippen molar-refractivity contribution in [3.05, 3.63) is 47.0 Å². The number of halogens is 1. The average molecular weight is 373 g/mol. The highest BCUT2D eigenvalue weighted by molar-refractivity contribution is 5.35. The number of non-ortho nitro benzene ring substituents is 1. The Labute approximate surface area is 140 Å². The minimum atomic E-state index is -0.415. The van der Waals surface area contributed by atoms with Gasteiger partial charge in [-0.2, -0.15) is 0 Å². The van der Waals surface area contributed by atoms with Crippen molar-refractivity contribution in [3.63, 3.8) is 0 Å². The fraction of sp³-hybridized carbons (Fsp3) is 0.467. The van der Waals surface area contributed by atoms with Crippen LogP contribution >= 0.6 is 0 Å². The van der Waals surface area contributed by atoms with Crippen LogP contribution in [0.5, 0.6) is 5.75 Å². The van der Waals surface area contributed by atoms with Gasteiger partial charge >= 0.3 is 0 Å². The third kappa shape index (κ3) is 5.08. The van der Waals surface area contributed by atoms with Crippen LogP contribution < -0.4 is 21.7 Å². The van der Waals surface area contributed by atoms with Crippen molar-refractivity contribution >= 4 is 5.69 Å². The highest BCUT2D eigenvalue weighted by Gasteiger charge is 2.28. The van der Waals surface area contributed by atoms with Gasteiger partial charge in [0.15, 0.2) is 0 Å². The van der Waals surface area contributed by atoms with Crippen LogP contribution in [0, 0.1) is 10.1 Å². The monoisotopic (exact) mass is 372 g/mol. The number of nitrogens with zero attached hydrogens (tertiary/aromatic N) is 2. The number of hydrogen-bond donors (Lipinski definition) is 0. The van der Waals surface area contributed by atoms with Crippen LogP contribution in [0.3, 0.4) is 0 Å². The van der Waals surface area contributed by atoms with Crippen molar-refractivity contribution in [1.29, 1.82) is 0 Å². The molecular weight excluding hydrogens is 352 g/mol. The second-order valence-electron chi connectivity index (χ2n) is 5.20. The third-order valence-electron chi connectivity index (χ3n) is 3.82. The van der Waals surface area contributed by atoms with Crippen LogP contribution in [-0.2, 0) is 4.74 Å². The Morgan fingerprint density at radius 1 is 1.32 bits per heavy atom. The van der Waals surface area contributed by atoms with E-state index in [1.165, 1.54) is 12.1 Å². The van der Waals surface area contributed by atoms with Crippen LogP contribution in [0.1, 0.15) is 0 Å². The molecule has 6 nitrogen and oxygen atoms in total. The van der Waals surface area contributed by atoms with Crippen molar-refractivity contribution < 1.29 is 35.9 Å². The van der Waals surface area contributed by atoms with Gasteiger partial charge in [-0.25, -0.2) is 0 Å². The van der Waals surface area contributed by atoms with Crippen molar-refractivity contribution in [1.82, 2.24) is 0 Å². The van der Waals surface area contributed by atoms with Gasteiger partial charge in [0.2, 0.25) is 0 Å². The Hall–Kier alpha value is -1.44. The molecule has 22 heavy (non-hydrogen) atoms. The molecule has 122 valence electrons. The van der Waals surface area contributed by atoms with Gasteiger partial charge in [-0.1, -0.05) is 6.58 Å². The summed E-state index contributed by atoms with van der Waals surface area (Å²) >= 11 is 0. The molecule has 0 N–H and O–H groups in total. The summed E-state index contributed by atoms with van der Waals surface area (Å²) in [6, 6.07) is 6.18. The first-order chi connectivity index (χ1) is 10.2. The second-order valence-corrected chi connectivity index (χ2v) is 5.20. The van der Waals surface area contributed by atoms with E-state index in [9.17, 15) is 10.1 Å². The van der Waals surface area contributed by atoms with Gasteiger partial charge in [0.05, 0.1) is 24.7 Å². The summed E-state index contributed by atoms with van der Waals surface area (Å²) in [6.07, 6.45) is 1.94. The lowest BCUT2D eigenvalue weighted by Crippen LogP contribution is -3.00. The molecule has 0 amide bonds. The van der Waals surface area contributed by atoms with Crippen molar-refractivity contribution in [2.24, 2.45) is 0 Å². The standard InChI is InChI=1S/C15H21N2O4.BrH/c1-2-7-17(8-11-20-12-9-17)10-13-21-15-5-3-14(4-6-15)16(18)19;/h2-6H,1,7-13H2;1H/q+1;/p-1. The molecule has 0 saturated carbocycles. The lowest BCUT2D eigenvalue weighted by Gasteiger charge is -2.40. The van der Waals surface area contributed by atoms with Gasteiger partial charge in [0, 0.05) is 12.1 Å². The van der Waals surface area contributed by atoms with Crippen molar-refractivity contribution in [2.75, 3.05) is 46.0 Å². The Balaban J connectivity index is 0.00000242. The zero-order valence-electron chi connectivity index (χ0n) is 12.4. The second kappa shape index (κ2) is 8.87. The highest BCUT2D eigenvalue weighted by Crippen LogP contribution is 2.18. The van der Waals surface area contributed by atoms with E-state index < -0.39 is 4.92 Å². The first-order valence-electron chi connectivity index (χ1n) is 7.06. The topological polar surface area (TPSA) is 61.6 Å². The van der Waals surface area contributed by atoms with E-state index in [1.54, 1.807) is 12.1 Å². The van der Waals surface area contributed by atoms with Gasteiger partial charge in [0.1, 0.15) is 32.0 Å². The first-order valence-corrected chi connectivity index (χ1v) is 7.06. The lowest BCUT2D eigenvalue weighted by atomic mass is 10.3. The predicted molar refractivity (Wildman–Crippen MR) is 79.3 cm³/mol. The molecule has 0 aliphatic carbocycles. The zero-order valence-corrected chi connectivity index (χ0v) is 14.0. The first kappa shape index (κ1) is 18.6. The molecule has 1 aliphatic rings. The van der Waals surface area contributed by atoms with E-state index in [4.69, 9.17) is 9.47 Å². The number of rotatable bonds is 7. The summed E-state index contributed by atoms with van der Waals surface area (Å²) in [5.41, 5.74) is 0.0747. The van der Waals surface area contributed by atoms with Gasteiger partial charge < -0.3 is 30.9 Å². The number of quaternary nitrogens is 1. The maximum Gasteiger partial charge on any atom is 0.269 e. The number of nitro groups is 1. The molecule has 0 unspecified atom stereocenters. The molecule has 1 aliphatic heterocycles. The Morgan fingerprint density at radius 3 is 2.50 bits per heavy atom. The maximum absolute atomic E-state index is 10.6. The van der Waals surface area contributed by atoms with Crippen LogP contribution in [0.2, 0.25) is 0 Å². The maximum atomic E-state index is 10.6. The quantitative estimate of drug-likeness (QED) is 0.267. The van der Waals surface area contributed by atoms with E-state index >= 15 is 0 Å². The van der Waals surface area contributed by atoms with Crippen molar-refractivity contribution in [2.45, 2.75) is 0 Å². The van der Waals surface area contributed by atoms with Gasteiger partial charge in [-0.05, 0) is 18.2 Å². The van der Waals surface area contributed by atoms with E-state index in [1.807, 2.05) is 6.08 Å². The predicted octanol–water partition coefficient (Wildman–Crippen LogP) is -0.989. The number of hydrogen-bond acceptors (Lipinski definition) is 4.